The molecule has 0 radical (unpaired) electrons. The number of hydrogen-bond acceptors (Lipinski definition) is 3. The lowest BCUT2D eigenvalue weighted by Crippen LogP contribution is -3.14. The van der Waals surface area contributed by atoms with Gasteiger partial charge in [-0.15, -0.1) is 0 Å². The van der Waals surface area contributed by atoms with Gasteiger partial charge in [-0.3, -0.25) is 9.59 Å². The number of morpholine rings is 1. The molecular weight excluding hydrogens is 373 g/mol. The first kappa shape index (κ1) is 20.7. The quantitative estimate of drug-likeness (QED) is 0.599. The predicted octanol–water partition coefficient (Wildman–Crippen LogP) is 0.628. The summed E-state index contributed by atoms with van der Waals surface area (Å²) in [5.74, 6) is -1.13. The summed E-state index contributed by atoms with van der Waals surface area (Å²) >= 11 is 0. The van der Waals surface area contributed by atoms with Crippen molar-refractivity contribution in [2.24, 2.45) is 0 Å². The molecule has 1 saturated heterocycles. The summed E-state index contributed by atoms with van der Waals surface area (Å²) in [6, 6.07) is 14.4. The average Bonchev–Trinajstić information content (AvgIpc) is 2.76. The maximum Gasteiger partial charge on any atom is 0.268 e. The van der Waals surface area contributed by atoms with E-state index in [1.54, 1.807) is 36.4 Å². The van der Waals surface area contributed by atoms with Crippen LogP contribution >= 0.6 is 0 Å². The Balaban J connectivity index is 1.68. The van der Waals surface area contributed by atoms with Crippen LogP contribution in [0.3, 0.4) is 0 Å². The van der Waals surface area contributed by atoms with Gasteiger partial charge < -0.3 is 20.3 Å². The van der Waals surface area contributed by atoms with Crippen molar-refractivity contribution in [3.05, 3.63) is 77.2 Å². The molecule has 1 aliphatic rings. The van der Waals surface area contributed by atoms with E-state index in [0.717, 1.165) is 32.8 Å². The van der Waals surface area contributed by atoms with E-state index < -0.39 is 0 Å². The molecule has 152 valence electrons. The van der Waals surface area contributed by atoms with Crippen LogP contribution in [0.25, 0.3) is 6.08 Å². The van der Waals surface area contributed by atoms with Crippen molar-refractivity contribution >= 4 is 17.9 Å². The van der Waals surface area contributed by atoms with Gasteiger partial charge in [0.1, 0.15) is 24.6 Å². The monoisotopic (exact) mass is 398 g/mol. The summed E-state index contributed by atoms with van der Waals surface area (Å²) in [4.78, 5) is 26.6. The normalized spacial score (nSPS) is 15.0. The minimum absolute atomic E-state index is 0.113. The van der Waals surface area contributed by atoms with E-state index in [4.69, 9.17) is 4.74 Å². The molecule has 2 aromatic rings. The van der Waals surface area contributed by atoms with Crippen molar-refractivity contribution < 1.29 is 23.6 Å². The molecular formula is C22H25FN3O3+. The molecule has 3 rings (SSSR count). The molecule has 0 bridgehead atoms. The van der Waals surface area contributed by atoms with Crippen LogP contribution in [0.15, 0.2) is 60.3 Å². The van der Waals surface area contributed by atoms with Crippen LogP contribution in [-0.2, 0) is 9.53 Å². The van der Waals surface area contributed by atoms with E-state index in [9.17, 15) is 14.0 Å². The zero-order valence-corrected chi connectivity index (χ0v) is 16.1. The van der Waals surface area contributed by atoms with Crippen LogP contribution < -0.4 is 15.5 Å². The summed E-state index contributed by atoms with van der Waals surface area (Å²) in [5, 5.41) is 5.54. The van der Waals surface area contributed by atoms with Crippen LogP contribution in [0.2, 0.25) is 0 Å². The first-order valence-corrected chi connectivity index (χ1v) is 9.65. The van der Waals surface area contributed by atoms with Gasteiger partial charge in [0.05, 0.1) is 26.3 Å². The van der Waals surface area contributed by atoms with E-state index >= 15 is 0 Å². The smallest absolute Gasteiger partial charge is 0.268 e. The standard InChI is InChI=1S/C22H24FN3O3/c23-19-8-6-17(7-9-19)16-20(25-21(27)18-4-2-1-3-5-18)22(28)24-10-11-26-12-14-29-15-13-26/h1-9,16H,10-15H2,(H,24,28)(H,25,27)/p+1/b20-16+. The van der Waals surface area contributed by atoms with Gasteiger partial charge in [0.15, 0.2) is 0 Å². The number of quaternary nitrogens is 1. The molecule has 2 amide bonds. The van der Waals surface area contributed by atoms with E-state index in [2.05, 4.69) is 10.6 Å². The molecule has 0 unspecified atom stereocenters. The molecule has 3 N–H and O–H groups in total. The lowest BCUT2D eigenvalue weighted by atomic mass is 10.1. The first-order chi connectivity index (χ1) is 14.1. The van der Waals surface area contributed by atoms with Gasteiger partial charge in [-0.1, -0.05) is 30.3 Å². The van der Waals surface area contributed by atoms with Gasteiger partial charge in [-0.25, -0.2) is 4.39 Å². The lowest BCUT2D eigenvalue weighted by molar-refractivity contribution is -0.906. The zero-order valence-electron chi connectivity index (χ0n) is 16.1. The van der Waals surface area contributed by atoms with Crippen molar-refractivity contribution in [2.45, 2.75) is 0 Å². The Morgan fingerprint density at radius 1 is 1.03 bits per heavy atom. The highest BCUT2D eigenvalue weighted by Crippen LogP contribution is 2.08. The Hall–Kier alpha value is -3.03. The van der Waals surface area contributed by atoms with Gasteiger partial charge in [0, 0.05) is 5.56 Å². The van der Waals surface area contributed by atoms with Gasteiger partial charge in [0.2, 0.25) is 0 Å². The van der Waals surface area contributed by atoms with Gasteiger partial charge in [0.25, 0.3) is 11.8 Å². The Kier molecular flexibility index (Phi) is 7.49. The average molecular weight is 398 g/mol. The Labute approximate surface area is 169 Å². The molecule has 7 heteroatoms. The highest BCUT2D eigenvalue weighted by atomic mass is 19.1. The predicted molar refractivity (Wildman–Crippen MR) is 108 cm³/mol. The molecule has 1 aliphatic heterocycles. The van der Waals surface area contributed by atoms with Crippen LogP contribution in [0, 0.1) is 5.82 Å². The summed E-state index contributed by atoms with van der Waals surface area (Å²) in [5.41, 5.74) is 1.18. The second-order valence-electron chi connectivity index (χ2n) is 6.80. The number of amides is 2. The maximum atomic E-state index is 13.2. The fourth-order valence-electron chi connectivity index (χ4n) is 3.03. The second-order valence-corrected chi connectivity index (χ2v) is 6.80. The van der Waals surface area contributed by atoms with Crippen molar-refractivity contribution in [3.8, 4) is 0 Å². The molecule has 0 atom stereocenters. The highest BCUT2D eigenvalue weighted by Gasteiger charge is 2.17. The van der Waals surface area contributed by atoms with Crippen LogP contribution in [-0.4, -0.2) is 51.2 Å². The SMILES string of the molecule is O=C(NCC[NH+]1CCOCC1)/C(=C\c1ccc(F)cc1)NC(=O)c1ccccc1. The van der Waals surface area contributed by atoms with Crippen LogP contribution in [0.5, 0.6) is 0 Å². The van der Waals surface area contributed by atoms with Crippen molar-refractivity contribution in [1.82, 2.24) is 10.6 Å². The van der Waals surface area contributed by atoms with Crippen molar-refractivity contribution in [3.63, 3.8) is 0 Å². The molecule has 0 saturated carbocycles. The van der Waals surface area contributed by atoms with E-state index in [1.807, 2.05) is 6.07 Å². The summed E-state index contributed by atoms with van der Waals surface area (Å²) in [7, 11) is 0. The minimum Gasteiger partial charge on any atom is -0.370 e. The molecule has 1 heterocycles. The van der Waals surface area contributed by atoms with Crippen LogP contribution in [0.1, 0.15) is 15.9 Å². The Morgan fingerprint density at radius 2 is 1.72 bits per heavy atom. The number of carbonyl (C=O) groups is 2. The molecule has 0 aromatic heterocycles. The van der Waals surface area contributed by atoms with Gasteiger partial charge in [-0.05, 0) is 35.9 Å². The lowest BCUT2D eigenvalue weighted by Gasteiger charge is -2.23. The van der Waals surface area contributed by atoms with Gasteiger partial charge >= 0.3 is 0 Å². The second kappa shape index (κ2) is 10.5. The summed E-state index contributed by atoms with van der Waals surface area (Å²) < 4.78 is 18.5. The first-order valence-electron chi connectivity index (χ1n) is 9.65. The van der Waals surface area contributed by atoms with E-state index in [0.29, 0.717) is 17.7 Å². The third kappa shape index (κ3) is 6.51. The van der Waals surface area contributed by atoms with Crippen LogP contribution in [0.4, 0.5) is 4.39 Å². The number of ether oxygens (including phenoxy) is 1. The number of nitrogens with one attached hydrogen (secondary N) is 3. The summed E-state index contributed by atoms with van der Waals surface area (Å²) in [6.45, 7) is 4.55. The molecule has 1 fully saturated rings. The zero-order chi connectivity index (χ0) is 20.5. The minimum atomic E-state index is -0.383. The van der Waals surface area contributed by atoms with Crippen molar-refractivity contribution in [1.29, 1.82) is 0 Å². The largest absolute Gasteiger partial charge is 0.370 e. The Bertz CT molecular complexity index is 847. The molecule has 2 aromatic carbocycles. The third-order valence-electron chi connectivity index (χ3n) is 4.67. The van der Waals surface area contributed by atoms with Crippen molar-refractivity contribution in [2.75, 3.05) is 39.4 Å². The number of rotatable bonds is 7. The maximum absolute atomic E-state index is 13.2. The molecule has 0 spiro atoms. The fourth-order valence-corrected chi connectivity index (χ4v) is 3.03. The van der Waals surface area contributed by atoms with Gasteiger partial charge in [-0.2, -0.15) is 0 Å². The number of carbonyl (C=O) groups excluding carboxylic acids is 2. The third-order valence-corrected chi connectivity index (χ3v) is 4.67. The molecule has 6 nitrogen and oxygen atoms in total. The highest BCUT2D eigenvalue weighted by molar-refractivity contribution is 6.05. The van der Waals surface area contributed by atoms with E-state index in [1.165, 1.54) is 23.1 Å². The molecule has 29 heavy (non-hydrogen) atoms. The Morgan fingerprint density at radius 3 is 2.41 bits per heavy atom. The van der Waals surface area contributed by atoms with E-state index in [-0.39, 0.29) is 23.3 Å². The topological polar surface area (TPSA) is 71.9 Å². The fraction of sp³-hybridized carbons (Fsp3) is 0.273. The molecule has 0 aliphatic carbocycles. The number of hydrogen-bond donors (Lipinski definition) is 3. The summed E-state index contributed by atoms with van der Waals surface area (Å²) in [6.07, 6.45) is 1.54. The number of halogens is 1. The number of benzene rings is 2.